The maximum Gasteiger partial charge on any atom is 0.341 e. The Morgan fingerprint density at radius 3 is 2.75 bits per heavy atom. The topological polar surface area (TPSA) is 112 Å². The van der Waals surface area contributed by atoms with E-state index in [1.807, 2.05) is 49.0 Å². The molecule has 0 unspecified atom stereocenters. The molecule has 2 heterocycles. The number of carbonyl (C=O) groups is 1. The smallest absolute Gasteiger partial charge is 0.341 e. The summed E-state index contributed by atoms with van der Waals surface area (Å²) >= 11 is 3.21. The lowest BCUT2D eigenvalue weighted by Gasteiger charge is -2.12. The third-order valence-corrected chi connectivity index (χ3v) is 5.72. The van der Waals surface area contributed by atoms with Crippen molar-refractivity contribution in [3.63, 3.8) is 0 Å². The van der Waals surface area contributed by atoms with Crippen LogP contribution >= 0.6 is 15.9 Å². The van der Waals surface area contributed by atoms with E-state index in [4.69, 9.17) is 4.74 Å². The fourth-order valence-electron chi connectivity index (χ4n) is 3.49. The van der Waals surface area contributed by atoms with Gasteiger partial charge in [0.2, 0.25) is 5.95 Å². The number of hydrogen-bond acceptors (Lipinski definition) is 7. The average Bonchev–Trinajstić information content (AvgIpc) is 3.11. The molecule has 0 radical (unpaired) electrons. The van der Waals surface area contributed by atoms with Crippen molar-refractivity contribution in [3.05, 3.63) is 74.5 Å². The highest BCUT2D eigenvalue weighted by atomic mass is 79.9. The summed E-state index contributed by atoms with van der Waals surface area (Å²) in [4.78, 5) is 32.1. The Morgan fingerprint density at radius 2 is 2.03 bits per heavy atom. The number of rotatable bonds is 5. The summed E-state index contributed by atoms with van der Waals surface area (Å²) in [7, 11) is 3.21. The van der Waals surface area contributed by atoms with Crippen LogP contribution < -0.4 is 5.32 Å². The number of fused-ring (bicyclic) bond motifs is 1. The van der Waals surface area contributed by atoms with E-state index >= 15 is 0 Å². The number of aromatic nitrogens is 3. The van der Waals surface area contributed by atoms with Crippen molar-refractivity contribution in [1.82, 2.24) is 14.5 Å². The van der Waals surface area contributed by atoms with Gasteiger partial charge in [0.25, 0.3) is 5.69 Å². The average molecular weight is 496 g/mol. The number of nitrogens with zero attached hydrogens (tertiary/aromatic N) is 4. The van der Waals surface area contributed by atoms with Gasteiger partial charge < -0.3 is 14.6 Å². The molecule has 4 rings (SSSR count). The minimum atomic E-state index is -0.560. The standard InChI is InChI=1S/C22H18BrN5O4/c1-12-8-16(23)19(28(30)31)9-17(12)25-22-24-10-14(21(29)32-3)20(26-22)15-11-27(2)18-7-5-4-6-13(15)18/h4-11H,1-3H3,(H,24,25,26). The minimum absolute atomic E-state index is 0.0847. The molecule has 0 saturated carbocycles. The van der Waals surface area contributed by atoms with Crippen LogP contribution in [0.25, 0.3) is 22.2 Å². The summed E-state index contributed by atoms with van der Waals surface area (Å²) in [5.74, 6) is -0.366. The Kier molecular flexibility index (Phi) is 5.62. The van der Waals surface area contributed by atoms with Gasteiger partial charge >= 0.3 is 5.97 Å². The normalized spacial score (nSPS) is 10.9. The van der Waals surface area contributed by atoms with Crippen molar-refractivity contribution >= 4 is 50.1 Å². The second-order valence-corrected chi connectivity index (χ2v) is 7.97. The first-order valence-corrected chi connectivity index (χ1v) is 10.3. The zero-order chi connectivity index (χ0) is 23.0. The number of para-hydroxylation sites is 1. The van der Waals surface area contributed by atoms with Crippen LogP contribution in [0.4, 0.5) is 17.3 Å². The van der Waals surface area contributed by atoms with Gasteiger partial charge in [0.1, 0.15) is 5.56 Å². The predicted octanol–water partition coefficient (Wildman–Crippen LogP) is 5.14. The third kappa shape index (κ3) is 3.80. The number of anilines is 2. The maximum atomic E-state index is 12.4. The molecule has 0 aliphatic heterocycles. The molecule has 32 heavy (non-hydrogen) atoms. The molecule has 0 saturated heterocycles. The van der Waals surface area contributed by atoms with E-state index in [0.29, 0.717) is 15.9 Å². The van der Waals surface area contributed by atoms with Crippen LogP contribution in [0.1, 0.15) is 15.9 Å². The number of ether oxygens (including phenoxy) is 1. The van der Waals surface area contributed by atoms with Crippen LogP contribution in [-0.4, -0.2) is 32.5 Å². The second kappa shape index (κ2) is 8.39. The molecule has 0 aliphatic rings. The number of carbonyl (C=O) groups excluding carboxylic acids is 1. The van der Waals surface area contributed by atoms with E-state index in [9.17, 15) is 14.9 Å². The largest absolute Gasteiger partial charge is 0.465 e. The van der Waals surface area contributed by atoms with E-state index < -0.39 is 10.9 Å². The molecule has 2 aromatic heterocycles. The number of hydrogen-bond donors (Lipinski definition) is 1. The van der Waals surface area contributed by atoms with Gasteiger partial charge in [-0.05, 0) is 40.5 Å². The monoisotopic (exact) mass is 495 g/mol. The number of aryl methyl sites for hydroxylation is 2. The molecule has 2 aromatic carbocycles. The van der Waals surface area contributed by atoms with Gasteiger partial charge in [-0.2, -0.15) is 0 Å². The fraction of sp³-hybridized carbons (Fsp3) is 0.136. The zero-order valence-corrected chi connectivity index (χ0v) is 19.0. The molecule has 0 spiro atoms. The number of halogens is 1. The molecule has 0 amide bonds. The fourth-order valence-corrected chi connectivity index (χ4v) is 4.10. The third-order valence-electron chi connectivity index (χ3n) is 5.08. The van der Waals surface area contributed by atoms with Crippen LogP contribution in [0.3, 0.4) is 0 Å². The molecule has 9 nitrogen and oxygen atoms in total. The van der Waals surface area contributed by atoms with Crippen molar-refractivity contribution in [2.75, 3.05) is 12.4 Å². The summed E-state index contributed by atoms with van der Waals surface area (Å²) in [5.41, 5.74) is 3.49. The number of nitro groups is 1. The highest BCUT2D eigenvalue weighted by Crippen LogP contribution is 2.34. The van der Waals surface area contributed by atoms with E-state index in [-0.39, 0.29) is 17.2 Å². The molecule has 0 fully saturated rings. The minimum Gasteiger partial charge on any atom is -0.465 e. The summed E-state index contributed by atoms with van der Waals surface area (Å²) < 4.78 is 7.25. The van der Waals surface area contributed by atoms with E-state index in [1.165, 1.54) is 19.4 Å². The SMILES string of the molecule is COC(=O)c1cnc(Nc2cc([N+](=O)[O-])c(Br)cc2C)nc1-c1cn(C)c2ccccc12. The van der Waals surface area contributed by atoms with Gasteiger partial charge in [0.15, 0.2) is 0 Å². The van der Waals surface area contributed by atoms with Gasteiger partial charge in [0.05, 0.1) is 27.9 Å². The summed E-state index contributed by atoms with van der Waals surface area (Å²) in [6.45, 7) is 1.81. The summed E-state index contributed by atoms with van der Waals surface area (Å²) in [6.07, 6.45) is 3.28. The lowest BCUT2D eigenvalue weighted by Crippen LogP contribution is -2.09. The Labute approximate surface area is 191 Å². The van der Waals surface area contributed by atoms with Crippen LogP contribution in [0.5, 0.6) is 0 Å². The van der Waals surface area contributed by atoms with E-state index in [2.05, 4.69) is 31.2 Å². The first-order valence-electron chi connectivity index (χ1n) is 9.51. The summed E-state index contributed by atoms with van der Waals surface area (Å²) in [6, 6.07) is 10.8. The zero-order valence-electron chi connectivity index (χ0n) is 17.4. The van der Waals surface area contributed by atoms with Crippen molar-refractivity contribution in [3.8, 4) is 11.3 Å². The van der Waals surface area contributed by atoms with Crippen molar-refractivity contribution in [2.24, 2.45) is 7.05 Å². The lowest BCUT2D eigenvalue weighted by molar-refractivity contribution is -0.385. The van der Waals surface area contributed by atoms with E-state index in [1.54, 1.807) is 6.07 Å². The first kappa shape index (κ1) is 21.4. The van der Waals surface area contributed by atoms with Crippen LogP contribution in [-0.2, 0) is 11.8 Å². The number of nitrogens with one attached hydrogen (secondary N) is 1. The molecular weight excluding hydrogens is 478 g/mol. The Hall–Kier alpha value is -3.79. The molecule has 162 valence electrons. The Bertz CT molecular complexity index is 1380. The molecular formula is C22H18BrN5O4. The van der Waals surface area contributed by atoms with Gasteiger partial charge in [-0.1, -0.05) is 18.2 Å². The van der Waals surface area contributed by atoms with E-state index in [0.717, 1.165) is 22.0 Å². The Balaban J connectivity index is 1.86. The van der Waals surface area contributed by atoms with Crippen molar-refractivity contribution in [1.29, 1.82) is 0 Å². The molecule has 0 aliphatic carbocycles. The highest BCUT2D eigenvalue weighted by Gasteiger charge is 2.21. The quantitative estimate of drug-likeness (QED) is 0.231. The van der Waals surface area contributed by atoms with Crippen molar-refractivity contribution in [2.45, 2.75) is 6.92 Å². The molecule has 0 bridgehead atoms. The predicted molar refractivity (Wildman–Crippen MR) is 124 cm³/mol. The number of methoxy groups -OCH3 is 1. The van der Waals surface area contributed by atoms with Crippen LogP contribution in [0.2, 0.25) is 0 Å². The highest BCUT2D eigenvalue weighted by molar-refractivity contribution is 9.10. The molecule has 1 N–H and O–H groups in total. The number of benzene rings is 2. The lowest BCUT2D eigenvalue weighted by atomic mass is 10.1. The van der Waals surface area contributed by atoms with Crippen LogP contribution in [0, 0.1) is 17.0 Å². The van der Waals surface area contributed by atoms with Gasteiger partial charge in [0, 0.05) is 42.0 Å². The second-order valence-electron chi connectivity index (χ2n) is 7.12. The van der Waals surface area contributed by atoms with Gasteiger partial charge in [-0.3, -0.25) is 10.1 Å². The number of nitro benzene ring substituents is 1. The molecule has 4 aromatic rings. The first-order chi connectivity index (χ1) is 15.3. The molecule has 0 atom stereocenters. The summed E-state index contributed by atoms with van der Waals surface area (Å²) in [5, 5.41) is 15.3. The number of esters is 1. The van der Waals surface area contributed by atoms with Gasteiger partial charge in [-0.15, -0.1) is 0 Å². The Morgan fingerprint density at radius 1 is 1.28 bits per heavy atom. The molecule has 10 heteroatoms. The van der Waals surface area contributed by atoms with Crippen LogP contribution in [0.15, 0.2) is 53.3 Å². The van der Waals surface area contributed by atoms with Crippen molar-refractivity contribution < 1.29 is 14.5 Å². The van der Waals surface area contributed by atoms with Gasteiger partial charge in [-0.25, -0.2) is 14.8 Å². The maximum absolute atomic E-state index is 12.4.